The maximum atomic E-state index is 14.0. The monoisotopic (exact) mass is 1460 g/mol. The molecular formula is C52H76N18O22S5. The van der Waals surface area contributed by atoms with Gasteiger partial charge in [0, 0.05) is 34.5 Å². The zero-order chi connectivity index (χ0) is 71.0. The third kappa shape index (κ3) is 16.7. The van der Waals surface area contributed by atoms with Gasteiger partial charge in [-0.2, -0.15) is 24.1 Å². The summed E-state index contributed by atoms with van der Waals surface area (Å²) in [6.45, 7) is 1.81. The Labute approximate surface area is 556 Å². The molecule has 45 heteroatoms. The van der Waals surface area contributed by atoms with Gasteiger partial charge in [-0.05, 0) is 57.1 Å². The molecule has 0 radical (unpaired) electrons. The fourth-order valence-electron chi connectivity index (χ4n) is 10.8. The van der Waals surface area contributed by atoms with Crippen LogP contribution >= 0.6 is 30.9 Å². The van der Waals surface area contributed by atoms with Crippen molar-refractivity contribution < 1.29 is 102 Å². The summed E-state index contributed by atoms with van der Waals surface area (Å²) in [5.41, 5.74) is 37.0. The van der Waals surface area contributed by atoms with Crippen LogP contribution < -0.4 is 34.4 Å². The van der Waals surface area contributed by atoms with E-state index in [2.05, 4.69) is 44.9 Å². The fraction of sp³-hybridized carbons (Fsp3) is 0.538. The Hall–Kier alpha value is -6.97. The van der Waals surface area contributed by atoms with Crippen molar-refractivity contribution in [1.82, 2.24) is 58.6 Å². The van der Waals surface area contributed by atoms with Crippen LogP contribution in [0.4, 0.5) is 17.5 Å². The number of carbonyl (C=O) groups is 3. The summed E-state index contributed by atoms with van der Waals surface area (Å²) in [5.74, 6) is -5.31. The Morgan fingerprint density at radius 3 is 1.05 bits per heavy atom. The average Bonchev–Trinajstić information content (AvgIpc) is 1.73. The number of benzene rings is 1. The molecule has 97 heavy (non-hydrogen) atoms. The third-order valence-corrected chi connectivity index (χ3v) is 29.4. The molecule has 3 aliphatic rings. The smallest absolute Gasteiger partial charge is 0.418 e. The number of nitrogens with two attached hydrogens (primary N) is 6. The average molecular weight is 1470 g/mol. The van der Waals surface area contributed by atoms with Crippen LogP contribution in [0.15, 0.2) is 67.1 Å². The molecule has 7 aromatic rings. The lowest BCUT2D eigenvalue weighted by molar-refractivity contribution is -0.139. The van der Waals surface area contributed by atoms with Crippen molar-refractivity contribution in [3.05, 3.63) is 67.8 Å². The second-order valence-corrected chi connectivity index (χ2v) is 36.8. The second kappa shape index (κ2) is 29.5. The van der Waals surface area contributed by atoms with Crippen molar-refractivity contribution in [2.75, 3.05) is 70.5 Å². The summed E-state index contributed by atoms with van der Waals surface area (Å²) >= 11 is 0. The maximum Gasteiger partial charge on any atom is 0.418 e. The maximum absolute atomic E-state index is 14.0. The molecule has 1 aromatic carbocycles. The number of aliphatic hydroxyl groups is 6. The number of aryl methyl sites for hydroxylation is 1. The van der Waals surface area contributed by atoms with Crippen LogP contribution in [0.2, 0.25) is 0 Å². The van der Waals surface area contributed by atoms with E-state index in [1.807, 2.05) is 6.92 Å². The Balaban J connectivity index is 0.000000250. The molecule has 0 bridgehead atoms. The highest BCUT2D eigenvalue weighted by molar-refractivity contribution is 8.35. The van der Waals surface area contributed by atoms with Crippen molar-refractivity contribution in [3.8, 4) is 0 Å². The molecule has 0 saturated carbocycles. The van der Waals surface area contributed by atoms with Crippen molar-refractivity contribution in [3.63, 3.8) is 0 Å². The number of imidazole rings is 3. The van der Waals surface area contributed by atoms with Gasteiger partial charge in [-0.25, -0.2) is 48.5 Å². The number of aliphatic hydroxyl groups excluding tert-OH is 6. The number of nitrogens with zero attached hydrogens (tertiary/aromatic N) is 12. The van der Waals surface area contributed by atoms with Gasteiger partial charge in [-0.1, -0.05) is 17.7 Å². The Morgan fingerprint density at radius 2 is 0.763 bits per heavy atom. The third-order valence-electron chi connectivity index (χ3n) is 16.1. The molecule has 40 nitrogen and oxygen atoms in total. The lowest BCUT2D eigenvalue weighted by atomic mass is 10.1. The molecule has 3 fully saturated rings. The molecule has 18 atom stereocenters. The molecule has 21 N–H and O–H groups in total. The Kier molecular flexibility index (Phi) is 22.6. The van der Waals surface area contributed by atoms with E-state index in [9.17, 15) is 77.2 Å². The molecule has 9 heterocycles. The number of aliphatic carboxylic acids is 3. The van der Waals surface area contributed by atoms with E-state index >= 15 is 0 Å². The summed E-state index contributed by atoms with van der Waals surface area (Å²) in [6.07, 6.45) is -5.69. The van der Waals surface area contributed by atoms with Crippen LogP contribution in [0.1, 0.15) is 43.5 Å². The lowest BCUT2D eigenvalue weighted by Gasteiger charge is -2.40. The van der Waals surface area contributed by atoms with Crippen molar-refractivity contribution in [2.45, 2.75) is 123 Å². The van der Waals surface area contributed by atoms with E-state index in [4.69, 9.17) is 59.5 Å². The highest BCUT2D eigenvalue weighted by Crippen LogP contribution is 2.57. The first-order valence-corrected chi connectivity index (χ1v) is 38.8. The van der Waals surface area contributed by atoms with Gasteiger partial charge in [-0.3, -0.25) is 28.1 Å². The van der Waals surface area contributed by atoms with E-state index in [0.29, 0.717) is 0 Å². The zero-order valence-electron chi connectivity index (χ0n) is 52.0. The first kappa shape index (κ1) is 74.3. The number of hydrogen-bond donors (Lipinski definition) is 15. The summed E-state index contributed by atoms with van der Waals surface area (Å²) in [7, 11) is -18.3. The minimum Gasteiger partial charge on any atom is -0.480 e. The van der Waals surface area contributed by atoms with Gasteiger partial charge in [0.1, 0.15) is 90.3 Å². The largest absolute Gasteiger partial charge is 0.480 e. The zero-order valence-corrected chi connectivity index (χ0v) is 56.1. The Morgan fingerprint density at radius 1 is 0.474 bits per heavy atom. The van der Waals surface area contributed by atoms with Crippen LogP contribution in [-0.4, -0.2) is 266 Å². The molecule has 3 aliphatic heterocycles. The normalized spacial score (nSPS) is 27.6. The summed E-state index contributed by atoms with van der Waals surface area (Å²) in [6, 6.07) is 1.92. The van der Waals surface area contributed by atoms with Crippen molar-refractivity contribution in [2.24, 2.45) is 17.2 Å². The SMILES string of the molecule is CS(CC[C@H](N)C(=O)O)(C[C@H]1O[C@@H](n2cnc3c(N)ncnc32)[C@H](O)[C@@H]1O)OS(=O)(=O)OS(C)(CC[C@H](N)C(=O)O)C[C@H]1O[C@@H](n2cnc3c(N)ncnc32)[C@H](O)[C@@H]1O.Cc1ccc(S(=O)(=O)OS(C)(CC[C@H](N)C(=O)O)C[C@H]2O[C@@H](n3cnc4c(N)ncnc43)[C@H](O)[C@@H]2O)cc1. The Bertz CT molecular complexity index is 4080. The predicted octanol–water partition coefficient (Wildman–Crippen LogP) is -3.46. The highest BCUT2D eigenvalue weighted by Gasteiger charge is 2.51. The van der Waals surface area contributed by atoms with Crippen molar-refractivity contribution in [1.29, 1.82) is 0 Å². The number of carboxylic acid groups (broad SMARTS) is 3. The van der Waals surface area contributed by atoms with Crippen LogP contribution in [0.5, 0.6) is 0 Å². The molecule has 536 valence electrons. The van der Waals surface area contributed by atoms with Crippen molar-refractivity contribution >= 4 is 120 Å². The topological polar surface area (TPSA) is 644 Å². The van der Waals surface area contributed by atoms with E-state index in [0.717, 1.165) is 18.2 Å². The molecule has 3 unspecified atom stereocenters. The summed E-state index contributed by atoms with van der Waals surface area (Å²) in [5, 5.41) is 94.3. The molecule has 0 amide bonds. The van der Waals surface area contributed by atoms with E-state index in [1.54, 1.807) is 18.4 Å². The number of ether oxygens (including phenoxy) is 3. The summed E-state index contributed by atoms with van der Waals surface area (Å²) < 4.78 is 93.7. The number of fused-ring (bicyclic) bond motifs is 3. The molecular weight excluding hydrogens is 1390 g/mol. The molecule has 0 aliphatic carbocycles. The van der Waals surface area contributed by atoms with Crippen LogP contribution in [0.3, 0.4) is 0 Å². The number of aromatic nitrogens is 12. The first-order chi connectivity index (χ1) is 45.4. The number of anilines is 3. The minimum atomic E-state index is -5.15. The predicted molar refractivity (Wildman–Crippen MR) is 348 cm³/mol. The quantitative estimate of drug-likeness (QED) is 0.0227. The van der Waals surface area contributed by atoms with Crippen LogP contribution in [0, 0.1) is 6.92 Å². The second-order valence-electron chi connectivity index (χ2n) is 23.6. The molecule has 0 spiro atoms. The van der Waals surface area contributed by atoms with Gasteiger partial charge in [0.25, 0.3) is 0 Å². The molecule has 3 saturated heterocycles. The number of nitrogen functional groups attached to an aromatic ring is 3. The lowest BCUT2D eigenvalue weighted by Crippen LogP contribution is -2.38. The number of rotatable bonds is 28. The molecule has 6 aromatic heterocycles. The van der Waals surface area contributed by atoms with Gasteiger partial charge < -0.3 is 94.6 Å². The van der Waals surface area contributed by atoms with Gasteiger partial charge in [0.15, 0.2) is 53.1 Å². The molecule has 10 rings (SSSR count). The van der Waals surface area contributed by atoms with E-state index < -0.39 is 173 Å². The first-order valence-electron chi connectivity index (χ1n) is 29.1. The highest BCUT2D eigenvalue weighted by atomic mass is 32.4. The van der Waals surface area contributed by atoms with Gasteiger partial charge in [-0.15, -0.1) is 30.9 Å². The fourth-order valence-corrected chi connectivity index (χ4v) is 24.0. The minimum absolute atomic E-state index is 0.0172. The standard InChI is InChI=1S/C30H46N12O14S3.C22H30N6O8S2/c1-57(5-3-13(31)29(47)48,7-15-19(43)21(45)27(53-15)41-11-39-17-23(33)35-9-37-25(17)41)55-59(51,52)56-58(2,6-4-14(32)30(49)50)8-16-20(44)22(46)28(54-16)42-12-40-18-24(34)36-10-38-26(18)42;1-12-3-5-13(6-4-12)38(33,34)36-37(2,8-7-14(23)22(31)32)9-15-17(29)18(30)21(35-15)28-11-27-16-19(24)25-10-26-20(16)28/h9-16,19-22,27-28,43-46H,3-8,31-32H2,1-2H3,(H,47,48)(H,49,50)(H2,33,35,37)(H2,34,36,38);3-6,10-11,14-15,17-18,21,29-30H,7-9,23H2,1-2H3,(H,31,32)(H2,24,25,26)/t13-,14-,15+,16+,19+,20+,21+,22+,27+,28+;14-,15+,17+,18+,21+/m00/s1. The van der Waals surface area contributed by atoms with E-state index in [1.165, 1.54) is 63.7 Å². The number of hydrogen-bond acceptors (Lipinski definition) is 34. The van der Waals surface area contributed by atoms with Gasteiger partial charge in [0.05, 0.1) is 42.2 Å². The van der Waals surface area contributed by atoms with Crippen LogP contribution in [0.25, 0.3) is 33.5 Å². The van der Waals surface area contributed by atoms with Crippen LogP contribution in [-0.2, 0) is 60.0 Å². The van der Waals surface area contributed by atoms with Gasteiger partial charge in [0.2, 0.25) is 0 Å². The van der Waals surface area contributed by atoms with E-state index in [-0.39, 0.29) is 98.1 Å². The van der Waals surface area contributed by atoms with Gasteiger partial charge >= 0.3 is 38.4 Å². The summed E-state index contributed by atoms with van der Waals surface area (Å²) in [4.78, 5) is 71.0. The number of carboxylic acids is 3.